The minimum Gasteiger partial charge on any atom is -0.390 e. The molecule has 2 N–H and O–H groups in total. The molecule has 0 saturated carbocycles. The summed E-state index contributed by atoms with van der Waals surface area (Å²) in [5.41, 5.74) is 0.892. The van der Waals surface area contributed by atoms with Crippen LogP contribution in [0.4, 0.5) is 8.78 Å². The highest BCUT2D eigenvalue weighted by molar-refractivity contribution is 9.13. The molecule has 0 aliphatic heterocycles. The second-order valence-electron chi connectivity index (χ2n) is 3.37. The van der Waals surface area contributed by atoms with Gasteiger partial charge in [0.05, 0.1) is 6.54 Å². The topological polar surface area (TPSA) is 32.3 Å². The molecule has 90 valence electrons. The van der Waals surface area contributed by atoms with E-state index >= 15 is 0 Å². The summed E-state index contributed by atoms with van der Waals surface area (Å²) in [6, 6.07) is 5.51. The van der Waals surface area contributed by atoms with Crippen molar-refractivity contribution in [3.05, 3.63) is 32.7 Å². The maximum absolute atomic E-state index is 12.7. The summed E-state index contributed by atoms with van der Waals surface area (Å²) in [6.45, 7) is -1.33. The van der Waals surface area contributed by atoms with Gasteiger partial charge in [-0.3, -0.25) is 0 Å². The van der Waals surface area contributed by atoms with Crippen molar-refractivity contribution in [2.24, 2.45) is 0 Å². The van der Waals surface area contributed by atoms with Crippen LogP contribution in [0.1, 0.15) is 5.56 Å². The van der Waals surface area contributed by atoms with E-state index in [0.29, 0.717) is 6.54 Å². The van der Waals surface area contributed by atoms with Gasteiger partial charge >= 0.3 is 0 Å². The van der Waals surface area contributed by atoms with Gasteiger partial charge in [0.2, 0.25) is 0 Å². The predicted molar refractivity (Wildman–Crippen MR) is 65.6 cm³/mol. The highest BCUT2D eigenvalue weighted by Gasteiger charge is 2.26. The third-order valence-corrected chi connectivity index (χ3v) is 3.81. The Morgan fingerprint density at radius 2 is 1.94 bits per heavy atom. The van der Waals surface area contributed by atoms with Crippen LogP contribution in [0, 0.1) is 0 Å². The molecule has 0 amide bonds. The molecule has 1 rings (SSSR count). The first kappa shape index (κ1) is 14.0. The lowest BCUT2D eigenvalue weighted by Gasteiger charge is -2.14. The zero-order valence-electron chi connectivity index (χ0n) is 8.31. The third kappa shape index (κ3) is 4.45. The average Bonchev–Trinajstić information content (AvgIpc) is 2.23. The largest absolute Gasteiger partial charge is 0.390 e. The van der Waals surface area contributed by atoms with Crippen LogP contribution in [-0.2, 0) is 6.54 Å². The van der Waals surface area contributed by atoms with Crippen LogP contribution in [0.2, 0.25) is 0 Å². The standard InChI is InChI=1S/C10H11Br2F2NO/c11-8-2-1-7(3-9(8)12)4-15-5-10(13,14)6-16/h1-3,15-16H,4-6H2. The van der Waals surface area contributed by atoms with Gasteiger partial charge in [0.25, 0.3) is 5.92 Å². The van der Waals surface area contributed by atoms with Gasteiger partial charge in [-0.05, 0) is 49.6 Å². The monoisotopic (exact) mass is 357 g/mol. The molecule has 0 heterocycles. The number of rotatable bonds is 5. The van der Waals surface area contributed by atoms with Crippen LogP contribution in [0.3, 0.4) is 0 Å². The normalized spacial score (nSPS) is 11.8. The molecule has 0 atom stereocenters. The van der Waals surface area contributed by atoms with E-state index in [1.807, 2.05) is 18.2 Å². The maximum Gasteiger partial charge on any atom is 0.282 e. The fourth-order valence-corrected chi connectivity index (χ4v) is 1.77. The lowest BCUT2D eigenvalue weighted by atomic mass is 10.2. The Hall–Kier alpha value is -0.0400. The number of hydrogen-bond donors (Lipinski definition) is 2. The smallest absolute Gasteiger partial charge is 0.282 e. The Kier molecular flexibility index (Phi) is 5.30. The van der Waals surface area contributed by atoms with Gasteiger partial charge in [-0.25, -0.2) is 8.78 Å². The van der Waals surface area contributed by atoms with Crippen molar-refractivity contribution in [3.8, 4) is 0 Å². The van der Waals surface area contributed by atoms with Gasteiger partial charge in [-0.1, -0.05) is 6.07 Å². The summed E-state index contributed by atoms with van der Waals surface area (Å²) in [5, 5.41) is 11.0. The summed E-state index contributed by atoms with van der Waals surface area (Å²) < 4.78 is 27.1. The number of alkyl halides is 2. The molecule has 0 aliphatic carbocycles. The molecule has 1 aromatic carbocycles. The van der Waals surface area contributed by atoms with E-state index in [4.69, 9.17) is 5.11 Å². The van der Waals surface area contributed by atoms with Crippen LogP contribution in [0.25, 0.3) is 0 Å². The lowest BCUT2D eigenvalue weighted by molar-refractivity contribution is -0.0477. The summed E-state index contributed by atoms with van der Waals surface area (Å²) >= 11 is 6.65. The molecular formula is C10H11Br2F2NO. The number of halogens is 4. The SMILES string of the molecule is OCC(F)(F)CNCc1ccc(Br)c(Br)c1. The fraction of sp³-hybridized carbons (Fsp3) is 0.400. The number of aliphatic hydroxyl groups is 1. The molecule has 2 nitrogen and oxygen atoms in total. The molecule has 0 unspecified atom stereocenters. The summed E-state index contributed by atoms with van der Waals surface area (Å²) in [5.74, 6) is -3.06. The van der Waals surface area contributed by atoms with Gasteiger partial charge < -0.3 is 10.4 Å². The van der Waals surface area contributed by atoms with E-state index in [1.54, 1.807) is 0 Å². The molecule has 6 heteroatoms. The second kappa shape index (κ2) is 6.05. The number of nitrogens with one attached hydrogen (secondary N) is 1. The van der Waals surface area contributed by atoms with Gasteiger partial charge in [0, 0.05) is 15.5 Å². The zero-order valence-corrected chi connectivity index (χ0v) is 11.5. The summed E-state index contributed by atoms with van der Waals surface area (Å²) in [6.07, 6.45) is 0. The molecule has 0 aliphatic rings. The molecule has 0 aromatic heterocycles. The predicted octanol–water partition coefficient (Wildman–Crippen LogP) is 2.93. The first-order chi connectivity index (χ1) is 7.44. The zero-order chi connectivity index (χ0) is 12.2. The van der Waals surface area contributed by atoms with E-state index in [-0.39, 0.29) is 0 Å². The molecule has 0 saturated heterocycles. The minimum absolute atomic E-state index is 0.335. The van der Waals surface area contributed by atoms with Crippen molar-refractivity contribution in [1.82, 2.24) is 5.32 Å². The van der Waals surface area contributed by atoms with Crippen molar-refractivity contribution in [2.45, 2.75) is 12.5 Å². The second-order valence-corrected chi connectivity index (χ2v) is 5.07. The van der Waals surface area contributed by atoms with Crippen LogP contribution in [0.15, 0.2) is 27.1 Å². The molecule has 0 radical (unpaired) electrons. The Labute approximate surface area is 109 Å². The highest BCUT2D eigenvalue weighted by Crippen LogP contribution is 2.23. The van der Waals surface area contributed by atoms with Crippen molar-refractivity contribution in [1.29, 1.82) is 0 Å². The Morgan fingerprint density at radius 3 is 2.50 bits per heavy atom. The minimum atomic E-state index is -3.06. The first-order valence-electron chi connectivity index (χ1n) is 4.58. The van der Waals surface area contributed by atoms with Gasteiger partial charge in [-0.2, -0.15) is 0 Å². The number of benzene rings is 1. The lowest BCUT2D eigenvalue weighted by Crippen LogP contribution is -2.35. The van der Waals surface area contributed by atoms with Crippen molar-refractivity contribution in [3.63, 3.8) is 0 Å². The van der Waals surface area contributed by atoms with Crippen molar-refractivity contribution >= 4 is 31.9 Å². The van der Waals surface area contributed by atoms with E-state index in [1.165, 1.54) is 0 Å². The van der Waals surface area contributed by atoms with E-state index in [9.17, 15) is 8.78 Å². The Morgan fingerprint density at radius 1 is 1.25 bits per heavy atom. The Balaban J connectivity index is 2.46. The summed E-state index contributed by atoms with van der Waals surface area (Å²) in [4.78, 5) is 0. The van der Waals surface area contributed by atoms with E-state index in [0.717, 1.165) is 14.5 Å². The van der Waals surface area contributed by atoms with Gasteiger partial charge in [-0.15, -0.1) is 0 Å². The molecule has 0 fully saturated rings. The number of hydrogen-bond acceptors (Lipinski definition) is 2. The van der Waals surface area contributed by atoms with Gasteiger partial charge in [0.1, 0.15) is 6.61 Å². The molecule has 1 aromatic rings. The van der Waals surface area contributed by atoms with Crippen molar-refractivity contribution < 1.29 is 13.9 Å². The summed E-state index contributed by atoms with van der Waals surface area (Å²) in [7, 11) is 0. The molecule has 0 bridgehead atoms. The van der Waals surface area contributed by atoms with E-state index in [2.05, 4.69) is 37.2 Å². The van der Waals surface area contributed by atoms with Crippen molar-refractivity contribution in [2.75, 3.05) is 13.2 Å². The molecular weight excluding hydrogens is 348 g/mol. The third-order valence-electron chi connectivity index (χ3n) is 1.93. The first-order valence-corrected chi connectivity index (χ1v) is 6.16. The molecule has 16 heavy (non-hydrogen) atoms. The average molecular weight is 359 g/mol. The van der Waals surface area contributed by atoms with Crippen LogP contribution < -0.4 is 5.32 Å². The Bertz CT molecular complexity index is 361. The quantitative estimate of drug-likeness (QED) is 0.848. The fourth-order valence-electron chi connectivity index (χ4n) is 1.10. The van der Waals surface area contributed by atoms with E-state index < -0.39 is 19.1 Å². The van der Waals surface area contributed by atoms with Crippen LogP contribution in [-0.4, -0.2) is 24.2 Å². The van der Waals surface area contributed by atoms with Crippen LogP contribution in [0.5, 0.6) is 0 Å². The molecule has 0 spiro atoms. The maximum atomic E-state index is 12.7. The highest BCUT2D eigenvalue weighted by atomic mass is 79.9. The number of aliphatic hydroxyl groups excluding tert-OH is 1. The van der Waals surface area contributed by atoms with Gasteiger partial charge in [0.15, 0.2) is 0 Å². The van der Waals surface area contributed by atoms with Crippen LogP contribution >= 0.6 is 31.9 Å².